The average molecular weight is 252 g/mol. The fourth-order valence-electron chi connectivity index (χ4n) is 2.37. The molecule has 0 aliphatic rings. The third-order valence-corrected chi connectivity index (χ3v) is 3.40. The standard InChI is InChI=1S/C15H28N2O/c1-5-6-7-10-17(12(2)3)14(11-16)15-9-8-13(4)18-15/h8-9,12,14H,5-7,10-11,16H2,1-4H3. The fraction of sp³-hybridized carbons (Fsp3) is 0.733. The van der Waals surface area contributed by atoms with Gasteiger partial charge in [-0.1, -0.05) is 19.8 Å². The summed E-state index contributed by atoms with van der Waals surface area (Å²) in [4.78, 5) is 2.45. The van der Waals surface area contributed by atoms with E-state index in [0.717, 1.165) is 18.1 Å². The van der Waals surface area contributed by atoms with Crippen molar-refractivity contribution in [1.82, 2.24) is 4.90 Å². The first-order chi connectivity index (χ1) is 8.60. The second-order valence-corrected chi connectivity index (χ2v) is 5.24. The van der Waals surface area contributed by atoms with E-state index < -0.39 is 0 Å². The lowest BCUT2D eigenvalue weighted by atomic mass is 10.1. The molecule has 3 heteroatoms. The lowest BCUT2D eigenvalue weighted by Gasteiger charge is -2.33. The molecule has 0 radical (unpaired) electrons. The Balaban J connectivity index is 2.74. The van der Waals surface area contributed by atoms with Crippen molar-refractivity contribution in [1.29, 1.82) is 0 Å². The SMILES string of the molecule is CCCCCN(C(C)C)C(CN)c1ccc(C)o1. The Bertz CT molecular complexity index is 333. The molecular weight excluding hydrogens is 224 g/mol. The minimum atomic E-state index is 0.204. The molecular formula is C15H28N2O. The van der Waals surface area contributed by atoms with E-state index in [0.29, 0.717) is 12.6 Å². The Morgan fingerprint density at radius 2 is 2.00 bits per heavy atom. The fourth-order valence-corrected chi connectivity index (χ4v) is 2.37. The van der Waals surface area contributed by atoms with Crippen molar-refractivity contribution in [3.8, 4) is 0 Å². The van der Waals surface area contributed by atoms with E-state index in [1.165, 1.54) is 19.3 Å². The number of nitrogens with zero attached hydrogens (tertiary/aromatic N) is 1. The van der Waals surface area contributed by atoms with Crippen LogP contribution in [0.3, 0.4) is 0 Å². The van der Waals surface area contributed by atoms with Crippen molar-refractivity contribution in [2.24, 2.45) is 5.73 Å². The quantitative estimate of drug-likeness (QED) is 0.720. The van der Waals surface area contributed by atoms with Gasteiger partial charge in [-0.3, -0.25) is 4.90 Å². The Morgan fingerprint density at radius 1 is 1.28 bits per heavy atom. The molecule has 0 fully saturated rings. The highest BCUT2D eigenvalue weighted by Crippen LogP contribution is 2.24. The summed E-state index contributed by atoms with van der Waals surface area (Å²) >= 11 is 0. The van der Waals surface area contributed by atoms with Crippen LogP contribution in [0, 0.1) is 6.92 Å². The number of unbranched alkanes of at least 4 members (excludes halogenated alkanes) is 2. The molecule has 3 nitrogen and oxygen atoms in total. The minimum absolute atomic E-state index is 0.204. The average Bonchev–Trinajstić information content (AvgIpc) is 2.74. The predicted molar refractivity (Wildman–Crippen MR) is 76.6 cm³/mol. The molecule has 1 heterocycles. The Hall–Kier alpha value is -0.800. The summed E-state index contributed by atoms with van der Waals surface area (Å²) in [5, 5.41) is 0. The molecule has 0 aliphatic carbocycles. The van der Waals surface area contributed by atoms with Crippen molar-refractivity contribution < 1.29 is 4.42 Å². The lowest BCUT2D eigenvalue weighted by molar-refractivity contribution is 0.136. The summed E-state index contributed by atoms with van der Waals surface area (Å²) in [6.07, 6.45) is 3.75. The number of hydrogen-bond donors (Lipinski definition) is 1. The van der Waals surface area contributed by atoms with Gasteiger partial charge in [-0.2, -0.15) is 0 Å². The van der Waals surface area contributed by atoms with Crippen LogP contribution in [0.15, 0.2) is 16.5 Å². The van der Waals surface area contributed by atoms with E-state index in [2.05, 4.69) is 31.7 Å². The van der Waals surface area contributed by atoms with Crippen LogP contribution in [-0.2, 0) is 0 Å². The van der Waals surface area contributed by atoms with Gasteiger partial charge < -0.3 is 10.2 Å². The summed E-state index contributed by atoms with van der Waals surface area (Å²) in [5.74, 6) is 1.96. The van der Waals surface area contributed by atoms with E-state index in [1.54, 1.807) is 0 Å². The zero-order valence-corrected chi connectivity index (χ0v) is 12.3. The highest BCUT2D eigenvalue weighted by atomic mass is 16.3. The summed E-state index contributed by atoms with van der Waals surface area (Å²) < 4.78 is 5.75. The molecule has 1 atom stereocenters. The van der Waals surface area contributed by atoms with Crippen LogP contribution in [0.4, 0.5) is 0 Å². The number of nitrogens with two attached hydrogens (primary N) is 1. The summed E-state index contributed by atoms with van der Waals surface area (Å²) in [5.41, 5.74) is 5.96. The van der Waals surface area contributed by atoms with Crippen LogP contribution < -0.4 is 5.73 Å². The zero-order valence-electron chi connectivity index (χ0n) is 12.3. The van der Waals surface area contributed by atoms with E-state index in [-0.39, 0.29) is 6.04 Å². The topological polar surface area (TPSA) is 42.4 Å². The van der Waals surface area contributed by atoms with Crippen LogP contribution in [0.2, 0.25) is 0 Å². The Morgan fingerprint density at radius 3 is 2.44 bits per heavy atom. The molecule has 0 aromatic carbocycles. The second-order valence-electron chi connectivity index (χ2n) is 5.24. The predicted octanol–water partition coefficient (Wildman–Crippen LogP) is 3.49. The maximum atomic E-state index is 5.96. The van der Waals surface area contributed by atoms with Gasteiger partial charge in [0.2, 0.25) is 0 Å². The molecule has 1 rings (SSSR count). The molecule has 1 aromatic heterocycles. The molecule has 0 saturated heterocycles. The van der Waals surface area contributed by atoms with Crippen molar-refractivity contribution in [3.05, 3.63) is 23.7 Å². The van der Waals surface area contributed by atoms with Gasteiger partial charge in [-0.25, -0.2) is 0 Å². The van der Waals surface area contributed by atoms with Gasteiger partial charge in [0.05, 0.1) is 6.04 Å². The molecule has 104 valence electrons. The minimum Gasteiger partial charge on any atom is -0.465 e. The third-order valence-electron chi connectivity index (χ3n) is 3.40. The molecule has 0 bridgehead atoms. The van der Waals surface area contributed by atoms with E-state index >= 15 is 0 Å². The molecule has 18 heavy (non-hydrogen) atoms. The summed E-state index contributed by atoms with van der Waals surface area (Å²) in [6.45, 7) is 10.4. The Kier molecular flexibility index (Phi) is 6.44. The molecule has 2 N–H and O–H groups in total. The lowest BCUT2D eigenvalue weighted by Crippen LogP contribution is -2.39. The molecule has 0 aliphatic heterocycles. The van der Waals surface area contributed by atoms with Gasteiger partial charge in [0.15, 0.2) is 0 Å². The van der Waals surface area contributed by atoms with Crippen molar-refractivity contribution in [2.45, 2.75) is 59.0 Å². The van der Waals surface area contributed by atoms with Crippen LogP contribution in [0.1, 0.15) is 57.6 Å². The largest absolute Gasteiger partial charge is 0.465 e. The molecule has 1 unspecified atom stereocenters. The monoisotopic (exact) mass is 252 g/mol. The van der Waals surface area contributed by atoms with Gasteiger partial charge in [-0.05, 0) is 45.9 Å². The summed E-state index contributed by atoms with van der Waals surface area (Å²) in [6, 6.07) is 4.77. The van der Waals surface area contributed by atoms with Crippen LogP contribution in [0.5, 0.6) is 0 Å². The Labute approximate surface area is 111 Å². The zero-order chi connectivity index (χ0) is 13.5. The van der Waals surface area contributed by atoms with Crippen LogP contribution in [-0.4, -0.2) is 24.0 Å². The number of furan rings is 1. The molecule has 1 aromatic rings. The smallest absolute Gasteiger partial charge is 0.122 e. The van der Waals surface area contributed by atoms with Gasteiger partial charge in [-0.15, -0.1) is 0 Å². The number of hydrogen-bond acceptors (Lipinski definition) is 3. The number of rotatable bonds is 8. The van der Waals surface area contributed by atoms with Crippen LogP contribution in [0.25, 0.3) is 0 Å². The highest BCUT2D eigenvalue weighted by Gasteiger charge is 2.23. The second kappa shape index (κ2) is 7.59. The maximum absolute atomic E-state index is 5.96. The normalized spacial score (nSPS) is 13.5. The van der Waals surface area contributed by atoms with Crippen LogP contribution >= 0.6 is 0 Å². The van der Waals surface area contributed by atoms with E-state index in [1.807, 2.05) is 13.0 Å². The highest BCUT2D eigenvalue weighted by molar-refractivity contribution is 5.10. The summed E-state index contributed by atoms with van der Waals surface area (Å²) in [7, 11) is 0. The van der Waals surface area contributed by atoms with E-state index in [4.69, 9.17) is 10.2 Å². The van der Waals surface area contributed by atoms with Gasteiger partial charge >= 0.3 is 0 Å². The van der Waals surface area contributed by atoms with Crippen molar-refractivity contribution >= 4 is 0 Å². The maximum Gasteiger partial charge on any atom is 0.122 e. The number of aryl methyl sites for hydroxylation is 1. The first kappa shape index (κ1) is 15.3. The van der Waals surface area contributed by atoms with Crippen molar-refractivity contribution in [2.75, 3.05) is 13.1 Å². The van der Waals surface area contributed by atoms with Crippen molar-refractivity contribution in [3.63, 3.8) is 0 Å². The van der Waals surface area contributed by atoms with Gasteiger partial charge in [0, 0.05) is 12.6 Å². The van der Waals surface area contributed by atoms with E-state index in [9.17, 15) is 0 Å². The van der Waals surface area contributed by atoms with Gasteiger partial charge in [0.25, 0.3) is 0 Å². The molecule has 0 amide bonds. The first-order valence-corrected chi connectivity index (χ1v) is 7.12. The molecule has 0 spiro atoms. The third kappa shape index (κ3) is 4.14. The first-order valence-electron chi connectivity index (χ1n) is 7.12. The van der Waals surface area contributed by atoms with Gasteiger partial charge in [0.1, 0.15) is 11.5 Å². The molecule has 0 saturated carbocycles.